The average molecular weight is 394 g/mol. The molecule has 0 saturated heterocycles. The fourth-order valence-electron chi connectivity index (χ4n) is 3.06. The van der Waals surface area contributed by atoms with Crippen molar-refractivity contribution in [2.24, 2.45) is 7.05 Å². The molecular weight excluding hydrogens is 370 g/mol. The van der Waals surface area contributed by atoms with Crippen molar-refractivity contribution in [2.75, 3.05) is 18.2 Å². The number of thioether (sulfide) groups is 1. The van der Waals surface area contributed by atoms with Gasteiger partial charge in [-0.2, -0.15) is 0 Å². The van der Waals surface area contributed by atoms with Crippen LogP contribution in [0.3, 0.4) is 0 Å². The summed E-state index contributed by atoms with van der Waals surface area (Å²) in [7, 11) is 3.31. The molecule has 0 spiro atoms. The van der Waals surface area contributed by atoms with Gasteiger partial charge in [-0.25, -0.2) is 9.78 Å². The van der Waals surface area contributed by atoms with Crippen LogP contribution in [0.25, 0.3) is 0 Å². The molecule has 0 atom stereocenters. The van der Waals surface area contributed by atoms with Crippen LogP contribution in [0.5, 0.6) is 0 Å². The number of rotatable bonds is 6. The van der Waals surface area contributed by atoms with Crippen LogP contribution in [-0.4, -0.2) is 34.3 Å². The lowest BCUT2D eigenvalue weighted by Crippen LogP contribution is -2.15. The number of carbonyl (C=O) groups excluding carboxylic acids is 2. The van der Waals surface area contributed by atoms with Crippen molar-refractivity contribution in [2.45, 2.75) is 43.7 Å². The Morgan fingerprint density at radius 3 is 2.88 bits per heavy atom. The molecule has 2 heterocycles. The molecule has 1 N–H and O–H groups in total. The third-order valence-corrected chi connectivity index (χ3v) is 6.67. The number of hydrogen-bond donors (Lipinski definition) is 1. The van der Waals surface area contributed by atoms with Crippen LogP contribution in [0.2, 0.25) is 0 Å². The first-order valence-electron chi connectivity index (χ1n) is 8.73. The first-order chi connectivity index (χ1) is 12.6. The van der Waals surface area contributed by atoms with Crippen LogP contribution in [-0.2, 0) is 29.4 Å². The van der Waals surface area contributed by atoms with E-state index in [4.69, 9.17) is 4.74 Å². The summed E-state index contributed by atoms with van der Waals surface area (Å²) in [6.45, 7) is 0. The molecule has 2 aromatic heterocycles. The summed E-state index contributed by atoms with van der Waals surface area (Å²) in [6.07, 6.45) is 9.20. The third-order valence-electron chi connectivity index (χ3n) is 4.40. The number of aryl methyl sites for hydroxylation is 2. The van der Waals surface area contributed by atoms with Crippen molar-refractivity contribution in [3.63, 3.8) is 0 Å². The Hall–Kier alpha value is -1.80. The Morgan fingerprint density at radius 1 is 1.35 bits per heavy atom. The minimum Gasteiger partial charge on any atom is -0.465 e. The second-order valence-electron chi connectivity index (χ2n) is 6.23. The maximum absolute atomic E-state index is 12.4. The van der Waals surface area contributed by atoms with Gasteiger partial charge < -0.3 is 14.6 Å². The lowest BCUT2D eigenvalue weighted by Gasteiger charge is -2.07. The number of thiophene rings is 1. The number of anilines is 1. The van der Waals surface area contributed by atoms with E-state index < -0.39 is 0 Å². The van der Waals surface area contributed by atoms with Crippen LogP contribution >= 0.6 is 23.1 Å². The third kappa shape index (κ3) is 4.29. The van der Waals surface area contributed by atoms with Gasteiger partial charge in [-0.15, -0.1) is 11.3 Å². The van der Waals surface area contributed by atoms with Crippen LogP contribution in [0.15, 0.2) is 17.6 Å². The zero-order valence-electron chi connectivity index (χ0n) is 15.0. The summed E-state index contributed by atoms with van der Waals surface area (Å²) in [4.78, 5) is 30.1. The minimum absolute atomic E-state index is 0.0896. The number of aromatic nitrogens is 2. The lowest BCUT2D eigenvalue weighted by atomic mass is 10.1. The summed E-state index contributed by atoms with van der Waals surface area (Å²) < 4.78 is 6.89. The van der Waals surface area contributed by atoms with Gasteiger partial charge in [-0.05, 0) is 31.2 Å². The summed E-state index contributed by atoms with van der Waals surface area (Å²) in [5.74, 6) is 0.186. The number of carbonyl (C=O) groups is 2. The van der Waals surface area contributed by atoms with Gasteiger partial charge in [0.25, 0.3) is 0 Å². The van der Waals surface area contributed by atoms with Gasteiger partial charge in [0.15, 0.2) is 5.16 Å². The van der Waals surface area contributed by atoms with Crippen molar-refractivity contribution in [1.82, 2.24) is 9.55 Å². The van der Waals surface area contributed by atoms with Crippen LogP contribution in [0.1, 0.15) is 46.5 Å². The highest BCUT2D eigenvalue weighted by Gasteiger charge is 2.26. The molecule has 140 valence electrons. The van der Waals surface area contributed by atoms with Gasteiger partial charge in [0.2, 0.25) is 5.91 Å². The number of amides is 1. The molecule has 0 radical (unpaired) electrons. The molecule has 1 aliphatic carbocycles. The topological polar surface area (TPSA) is 73.2 Å². The molecule has 0 unspecified atom stereocenters. The van der Waals surface area contributed by atoms with E-state index in [2.05, 4.69) is 10.3 Å². The fraction of sp³-hybridized carbons (Fsp3) is 0.500. The van der Waals surface area contributed by atoms with E-state index in [9.17, 15) is 9.59 Å². The number of nitrogens with zero attached hydrogens (tertiary/aromatic N) is 2. The predicted molar refractivity (Wildman–Crippen MR) is 104 cm³/mol. The average Bonchev–Trinajstić information content (AvgIpc) is 3.09. The van der Waals surface area contributed by atoms with E-state index in [0.717, 1.165) is 36.4 Å². The lowest BCUT2D eigenvalue weighted by molar-refractivity contribution is -0.115. The van der Waals surface area contributed by atoms with Crippen molar-refractivity contribution < 1.29 is 14.3 Å². The second kappa shape index (κ2) is 8.73. The molecule has 2 aromatic rings. The smallest absolute Gasteiger partial charge is 0.341 e. The predicted octanol–water partition coefficient (Wildman–Crippen LogP) is 3.66. The van der Waals surface area contributed by atoms with Crippen molar-refractivity contribution in [1.29, 1.82) is 0 Å². The number of nitrogens with one attached hydrogen (secondary N) is 1. The van der Waals surface area contributed by atoms with Gasteiger partial charge in [0.05, 0.1) is 12.7 Å². The highest BCUT2D eigenvalue weighted by molar-refractivity contribution is 7.99. The van der Waals surface area contributed by atoms with Crippen molar-refractivity contribution in [3.05, 3.63) is 28.4 Å². The normalized spacial score (nSPS) is 13.8. The number of esters is 1. The highest BCUT2D eigenvalue weighted by Crippen LogP contribution is 2.38. The maximum atomic E-state index is 12.4. The van der Waals surface area contributed by atoms with E-state index in [-0.39, 0.29) is 11.9 Å². The minimum atomic E-state index is -0.359. The molecule has 0 aromatic carbocycles. The fourth-order valence-corrected chi connectivity index (χ4v) is 5.23. The van der Waals surface area contributed by atoms with Gasteiger partial charge in [0, 0.05) is 36.5 Å². The summed E-state index contributed by atoms with van der Waals surface area (Å²) in [5, 5.41) is 4.46. The van der Waals surface area contributed by atoms with Crippen molar-refractivity contribution in [3.8, 4) is 0 Å². The summed E-state index contributed by atoms with van der Waals surface area (Å²) >= 11 is 3.07. The molecule has 0 saturated carbocycles. The molecule has 6 nitrogen and oxygen atoms in total. The number of hydrogen-bond acceptors (Lipinski definition) is 6. The quantitative estimate of drug-likeness (QED) is 0.461. The second-order valence-corrected chi connectivity index (χ2v) is 8.39. The molecule has 3 rings (SSSR count). The molecule has 0 fully saturated rings. The number of methoxy groups -OCH3 is 1. The van der Waals surface area contributed by atoms with Crippen LogP contribution in [0.4, 0.5) is 5.00 Å². The number of fused-ring (bicyclic) bond motifs is 1. The molecular formula is C18H23N3O3S2. The van der Waals surface area contributed by atoms with Crippen molar-refractivity contribution >= 4 is 40.0 Å². The Labute approximate surface area is 161 Å². The Kier molecular flexibility index (Phi) is 6.37. The molecule has 8 heteroatoms. The zero-order valence-corrected chi connectivity index (χ0v) is 16.7. The summed E-state index contributed by atoms with van der Waals surface area (Å²) in [6, 6.07) is 0. The molecule has 0 bridgehead atoms. The van der Waals surface area contributed by atoms with Gasteiger partial charge in [0.1, 0.15) is 5.00 Å². The monoisotopic (exact) mass is 393 g/mol. The Balaban J connectivity index is 1.67. The maximum Gasteiger partial charge on any atom is 0.341 e. The Bertz CT molecular complexity index is 798. The first-order valence-corrected chi connectivity index (χ1v) is 10.5. The standard InChI is InChI=1S/C18H23N3O3S2/c1-21-10-9-19-18(21)25-11-8-14(22)20-16-15(17(23)24-2)12-6-4-3-5-7-13(12)26-16/h9-10H,3-8,11H2,1-2H3,(H,20,22). The summed E-state index contributed by atoms with van der Waals surface area (Å²) in [5.41, 5.74) is 1.62. The van der Waals surface area contributed by atoms with Gasteiger partial charge in [-0.3, -0.25) is 4.79 Å². The van der Waals surface area contributed by atoms with E-state index in [0.29, 0.717) is 22.7 Å². The molecule has 0 aliphatic heterocycles. The molecule has 1 amide bonds. The largest absolute Gasteiger partial charge is 0.465 e. The molecule has 1 aliphatic rings. The van der Waals surface area contributed by atoms with Gasteiger partial charge >= 0.3 is 5.97 Å². The molecule has 26 heavy (non-hydrogen) atoms. The first kappa shape index (κ1) is 19.0. The SMILES string of the molecule is COC(=O)c1c(NC(=O)CCSc2nccn2C)sc2c1CCCCC2. The van der Waals surface area contributed by atoms with E-state index >= 15 is 0 Å². The highest BCUT2D eigenvalue weighted by atomic mass is 32.2. The zero-order chi connectivity index (χ0) is 18.5. The van der Waals surface area contributed by atoms with E-state index in [1.165, 1.54) is 29.7 Å². The van der Waals surface area contributed by atoms with E-state index in [1.807, 2.05) is 17.8 Å². The number of imidazole rings is 1. The van der Waals surface area contributed by atoms with Crippen LogP contribution < -0.4 is 5.32 Å². The van der Waals surface area contributed by atoms with Crippen LogP contribution in [0, 0.1) is 0 Å². The number of ether oxygens (including phenoxy) is 1. The van der Waals surface area contributed by atoms with E-state index in [1.54, 1.807) is 18.0 Å². The Morgan fingerprint density at radius 2 is 2.15 bits per heavy atom. The van der Waals surface area contributed by atoms with Gasteiger partial charge in [-0.1, -0.05) is 18.2 Å².